The van der Waals surface area contributed by atoms with Crippen molar-refractivity contribution in [2.75, 3.05) is 6.79 Å². The summed E-state index contributed by atoms with van der Waals surface area (Å²) in [7, 11) is 0. The van der Waals surface area contributed by atoms with Crippen molar-refractivity contribution in [1.82, 2.24) is 20.1 Å². The van der Waals surface area contributed by atoms with Gasteiger partial charge in [0, 0.05) is 23.7 Å². The Morgan fingerprint density at radius 1 is 1.23 bits per heavy atom. The van der Waals surface area contributed by atoms with Crippen LogP contribution < -0.4 is 14.8 Å². The van der Waals surface area contributed by atoms with Crippen LogP contribution in [0.3, 0.4) is 0 Å². The Labute approximate surface area is 183 Å². The lowest BCUT2D eigenvalue weighted by Crippen LogP contribution is -2.30. The van der Waals surface area contributed by atoms with E-state index in [-0.39, 0.29) is 18.0 Å². The number of amides is 1. The first kappa shape index (κ1) is 20.6. The van der Waals surface area contributed by atoms with Gasteiger partial charge in [-0.15, -0.1) is 10.2 Å². The SMILES string of the molecule is CCn1c(SC(C)C(=O)NCc2ccc3c(c2)OCO3)nnc1-c1cccc(Cl)c1. The lowest BCUT2D eigenvalue weighted by molar-refractivity contribution is -0.120. The van der Waals surface area contributed by atoms with Gasteiger partial charge in [0.1, 0.15) is 0 Å². The van der Waals surface area contributed by atoms with Gasteiger partial charge in [-0.25, -0.2) is 0 Å². The van der Waals surface area contributed by atoms with Crippen molar-refractivity contribution in [1.29, 1.82) is 0 Å². The summed E-state index contributed by atoms with van der Waals surface area (Å²) in [6.45, 7) is 5.20. The number of nitrogens with zero attached hydrogens (tertiary/aromatic N) is 3. The third-order valence-corrected chi connectivity index (χ3v) is 5.99. The summed E-state index contributed by atoms with van der Waals surface area (Å²) in [4.78, 5) is 12.6. The lowest BCUT2D eigenvalue weighted by Gasteiger charge is -2.13. The number of hydrogen-bond donors (Lipinski definition) is 1. The second kappa shape index (κ2) is 8.97. The van der Waals surface area contributed by atoms with E-state index in [2.05, 4.69) is 15.5 Å². The van der Waals surface area contributed by atoms with E-state index in [0.29, 0.717) is 29.0 Å². The number of carbonyl (C=O) groups excluding carboxylic acids is 1. The molecule has 0 saturated carbocycles. The molecule has 1 atom stereocenters. The Balaban J connectivity index is 1.40. The Hall–Kier alpha value is -2.71. The standard InChI is InChI=1S/C21H21ClN4O3S/c1-3-26-19(15-5-4-6-16(22)10-15)24-25-21(26)30-13(2)20(27)23-11-14-7-8-17-18(9-14)29-12-28-17/h4-10,13H,3,11-12H2,1-2H3,(H,23,27). The van der Waals surface area contributed by atoms with Gasteiger partial charge >= 0.3 is 0 Å². The van der Waals surface area contributed by atoms with Crippen LogP contribution >= 0.6 is 23.4 Å². The molecule has 0 aliphatic carbocycles. The molecule has 0 bridgehead atoms. The van der Waals surface area contributed by atoms with Gasteiger partial charge in [-0.2, -0.15) is 0 Å². The highest BCUT2D eigenvalue weighted by Crippen LogP contribution is 2.32. The smallest absolute Gasteiger partial charge is 0.233 e. The van der Waals surface area contributed by atoms with E-state index in [9.17, 15) is 4.79 Å². The lowest BCUT2D eigenvalue weighted by atomic mass is 10.2. The number of halogens is 1. The molecular weight excluding hydrogens is 424 g/mol. The van der Waals surface area contributed by atoms with Crippen LogP contribution in [-0.4, -0.2) is 32.7 Å². The van der Waals surface area contributed by atoms with E-state index in [4.69, 9.17) is 21.1 Å². The summed E-state index contributed by atoms with van der Waals surface area (Å²) in [5.41, 5.74) is 1.84. The van der Waals surface area contributed by atoms with Gasteiger partial charge in [0.15, 0.2) is 22.5 Å². The van der Waals surface area contributed by atoms with Gasteiger partial charge < -0.3 is 19.4 Å². The topological polar surface area (TPSA) is 78.3 Å². The summed E-state index contributed by atoms with van der Waals surface area (Å²) in [6.07, 6.45) is 0. The van der Waals surface area contributed by atoms with Crippen LogP contribution in [-0.2, 0) is 17.9 Å². The molecule has 1 aliphatic heterocycles. The van der Waals surface area contributed by atoms with Gasteiger partial charge in [-0.05, 0) is 43.7 Å². The largest absolute Gasteiger partial charge is 0.454 e. The molecule has 7 nitrogen and oxygen atoms in total. The quantitative estimate of drug-likeness (QED) is 0.552. The Bertz CT molecular complexity index is 1070. The van der Waals surface area contributed by atoms with E-state index >= 15 is 0 Å². The van der Waals surface area contributed by atoms with Crippen molar-refractivity contribution in [2.45, 2.75) is 37.3 Å². The average Bonchev–Trinajstić information content (AvgIpc) is 3.38. The zero-order valence-corrected chi connectivity index (χ0v) is 18.2. The first-order chi connectivity index (χ1) is 14.5. The van der Waals surface area contributed by atoms with Crippen LogP contribution in [0.15, 0.2) is 47.6 Å². The van der Waals surface area contributed by atoms with Crippen LogP contribution in [0.1, 0.15) is 19.4 Å². The highest BCUT2D eigenvalue weighted by atomic mass is 35.5. The van der Waals surface area contributed by atoms with Crippen molar-refractivity contribution >= 4 is 29.3 Å². The molecule has 0 saturated heterocycles. The maximum atomic E-state index is 12.6. The van der Waals surface area contributed by atoms with Crippen LogP contribution in [0.5, 0.6) is 11.5 Å². The first-order valence-corrected chi connectivity index (χ1v) is 10.8. The number of benzene rings is 2. The molecule has 0 spiro atoms. The minimum Gasteiger partial charge on any atom is -0.454 e. The Morgan fingerprint density at radius 3 is 2.87 bits per heavy atom. The maximum absolute atomic E-state index is 12.6. The van der Waals surface area contributed by atoms with E-state index in [1.807, 2.05) is 60.9 Å². The van der Waals surface area contributed by atoms with Crippen LogP contribution in [0.25, 0.3) is 11.4 Å². The second-order valence-corrected chi connectivity index (χ2v) is 8.47. The van der Waals surface area contributed by atoms with E-state index in [1.165, 1.54) is 11.8 Å². The Morgan fingerprint density at radius 2 is 2.07 bits per heavy atom. The highest BCUT2D eigenvalue weighted by molar-refractivity contribution is 8.00. The molecule has 4 rings (SSSR count). The fraction of sp³-hybridized carbons (Fsp3) is 0.286. The number of aromatic nitrogens is 3. The number of fused-ring (bicyclic) bond motifs is 1. The zero-order valence-electron chi connectivity index (χ0n) is 16.6. The van der Waals surface area contributed by atoms with Crippen molar-refractivity contribution in [2.24, 2.45) is 0 Å². The number of nitrogens with one attached hydrogen (secondary N) is 1. The number of thioether (sulfide) groups is 1. The molecule has 9 heteroatoms. The molecule has 156 valence electrons. The number of rotatable bonds is 7. The number of hydrogen-bond acceptors (Lipinski definition) is 6. The maximum Gasteiger partial charge on any atom is 0.233 e. The summed E-state index contributed by atoms with van der Waals surface area (Å²) in [5, 5.41) is 12.6. The predicted octanol–water partition coefficient (Wildman–Crippen LogP) is 4.14. The molecule has 1 unspecified atom stereocenters. The molecule has 1 N–H and O–H groups in total. The minimum atomic E-state index is -0.333. The molecule has 1 aliphatic rings. The fourth-order valence-corrected chi connectivity index (χ4v) is 4.23. The summed E-state index contributed by atoms with van der Waals surface area (Å²) >= 11 is 7.49. The zero-order chi connectivity index (χ0) is 21.1. The van der Waals surface area contributed by atoms with Crippen molar-refractivity contribution < 1.29 is 14.3 Å². The van der Waals surface area contributed by atoms with Gasteiger partial charge in [-0.3, -0.25) is 4.79 Å². The van der Waals surface area contributed by atoms with Gasteiger partial charge in [0.25, 0.3) is 0 Å². The van der Waals surface area contributed by atoms with E-state index in [1.54, 1.807) is 0 Å². The first-order valence-electron chi connectivity index (χ1n) is 9.57. The van der Waals surface area contributed by atoms with Gasteiger partial charge in [0.05, 0.1) is 5.25 Å². The predicted molar refractivity (Wildman–Crippen MR) is 116 cm³/mol. The van der Waals surface area contributed by atoms with Crippen LogP contribution in [0.2, 0.25) is 5.02 Å². The summed E-state index contributed by atoms with van der Waals surface area (Å²) in [5.74, 6) is 2.08. The third-order valence-electron chi connectivity index (χ3n) is 4.67. The monoisotopic (exact) mass is 444 g/mol. The molecule has 0 radical (unpaired) electrons. The molecule has 2 aromatic carbocycles. The summed E-state index contributed by atoms with van der Waals surface area (Å²) < 4.78 is 12.7. The van der Waals surface area contributed by atoms with Crippen molar-refractivity contribution in [3.8, 4) is 22.9 Å². The van der Waals surface area contributed by atoms with Crippen LogP contribution in [0, 0.1) is 0 Å². The van der Waals surface area contributed by atoms with E-state index < -0.39 is 0 Å². The highest BCUT2D eigenvalue weighted by Gasteiger charge is 2.21. The van der Waals surface area contributed by atoms with Gasteiger partial charge in [0.2, 0.25) is 12.7 Å². The third kappa shape index (κ3) is 4.39. The summed E-state index contributed by atoms with van der Waals surface area (Å²) in [6, 6.07) is 13.1. The molecule has 1 aromatic heterocycles. The van der Waals surface area contributed by atoms with E-state index in [0.717, 1.165) is 22.7 Å². The molecular formula is C21H21ClN4O3S. The van der Waals surface area contributed by atoms with Gasteiger partial charge in [-0.1, -0.05) is 41.6 Å². The number of ether oxygens (including phenoxy) is 2. The average molecular weight is 445 g/mol. The van der Waals surface area contributed by atoms with Crippen LogP contribution in [0.4, 0.5) is 0 Å². The number of carbonyl (C=O) groups is 1. The Kier molecular flexibility index (Phi) is 6.15. The molecule has 2 heterocycles. The van der Waals surface area contributed by atoms with Crippen molar-refractivity contribution in [3.05, 3.63) is 53.1 Å². The second-order valence-electron chi connectivity index (χ2n) is 6.73. The fourth-order valence-electron chi connectivity index (χ4n) is 3.10. The molecule has 1 amide bonds. The minimum absolute atomic E-state index is 0.0763. The normalized spacial score (nSPS) is 13.3. The molecule has 3 aromatic rings. The molecule has 30 heavy (non-hydrogen) atoms. The van der Waals surface area contributed by atoms with Crippen molar-refractivity contribution in [3.63, 3.8) is 0 Å². The molecule has 0 fully saturated rings.